The van der Waals surface area contributed by atoms with Crippen LogP contribution in [0.4, 0.5) is 0 Å². The molecule has 0 aromatic carbocycles. The first-order valence-electron chi connectivity index (χ1n) is 3.01. The molecule has 60 valence electrons. The Bertz CT molecular complexity index is 152. The minimum Gasteiger partial charge on any atom is -0.286 e. The van der Waals surface area contributed by atoms with E-state index in [4.69, 9.17) is 4.55 Å². The van der Waals surface area contributed by atoms with Gasteiger partial charge in [-0.25, -0.2) is 0 Å². The lowest BCUT2D eigenvalue weighted by atomic mass is 10.3. The summed E-state index contributed by atoms with van der Waals surface area (Å²) in [5.41, 5.74) is 0. The summed E-state index contributed by atoms with van der Waals surface area (Å²) in [5.74, 6) is -0.0964. The lowest BCUT2D eigenvalue weighted by molar-refractivity contribution is 0.480. The molecule has 0 bridgehead atoms. The molecule has 0 atom stereocenters. The van der Waals surface area contributed by atoms with Gasteiger partial charge in [0.2, 0.25) is 0 Å². The van der Waals surface area contributed by atoms with Crippen LogP contribution >= 0.6 is 0 Å². The number of hydrogen-bond donors (Lipinski definition) is 1. The van der Waals surface area contributed by atoms with Crippen molar-refractivity contribution in [2.24, 2.45) is 0 Å². The van der Waals surface area contributed by atoms with Gasteiger partial charge in [-0.3, -0.25) is 4.55 Å². The number of hydrogen-bond acceptors (Lipinski definition) is 2. The molecule has 0 unspecified atom stereocenters. The molecule has 0 radical (unpaired) electrons. The molecular formula is C5H14MgO3S. The van der Waals surface area contributed by atoms with E-state index in [-0.39, 0.29) is 28.8 Å². The second-order valence-corrected chi connectivity index (χ2v) is 3.57. The predicted molar refractivity (Wildman–Crippen MR) is 44.5 cm³/mol. The zero-order valence-corrected chi connectivity index (χ0v) is 6.32. The average Bonchev–Trinajstić information content (AvgIpc) is 1.63. The van der Waals surface area contributed by atoms with Crippen molar-refractivity contribution in [1.82, 2.24) is 0 Å². The van der Waals surface area contributed by atoms with Crippen LogP contribution in [0.5, 0.6) is 0 Å². The van der Waals surface area contributed by atoms with Gasteiger partial charge in [0.05, 0.1) is 5.75 Å². The molecule has 0 aromatic rings. The highest BCUT2D eigenvalue weighted by molar-refractivity contribution is 7.85. The lowest BCUT2D eigenvalue weighted by Gasteiger charge is -1.92. The standard InChI is InChI=1S/C5H12O3S.Mg.2H/c1-2-3-4-5-9(6,7)8;;;/h2-5H2,1H3,(H,6,7,8);;;. The van der Waals surface area contributed by atoms with Gasteiger partial charge < -0.3 is 0 Å². The van der Waals surface area contributed by atoms with Crippen molar-refractivity contribution in [2.45, 2.75) is 26.2 Å². The third-order valence-corrected chi connectivity index (χ3v) is 1.81. The van der Waals surface area contributed by atoms with Crippen molar-refractivity contribution in [3.63, 3.8) is 0 Å². The molecule has 0 saturated heterocycles. The van der Waals surface area contributed by atoms with Crippen LogP contribution in [-0.2, 0) is 10.1 Å². The average molecular weight is 179 g/mol. The summed E-state index contributed by atoms with van der Waals surface area (Å²) in [6.07, 6.45) is 2.39. The van der Waals surface area contributed by atoms with Crippen molar-refractivity contribution in [3.05, 3.63) is 0 Å². The normalized spacial score (nSPS) is 10.6. The first-order valence-corrected chi connectivity index (χ1v) is 4.62. The predicted octanol–water partition coefficient (Wildman–Crippen LogP) is 0.148. The van der Waals surface area contributed by atoms with Crippen molar-refractivity contribution in [1.29, 1.82) is 0 Å². The van der Waals surface area contributed by atoms with Crippen LogP contribution in [0.3, 0.4) is 0 Å². The topological polar surface area (TPSA) is 54.4 Å². The largest absolute Gasteiger partial charge is 0.316 e. The van der Waals surface area contributed by atoms with Gasteiger partial charge in [-0.2, -0.15) is 8.42 Å². The first-order chi connectivity index (χ1) is 4.06. The molecule has 0 fully saturated rings. The SMILES string of the molecule is CCCCCS(=O)(=O)O.[MgH2]. The first kappa shape index (κ1) is 13.3. The van der Waals surface area contributed by atoms with Gasteiger partial charge >= 0.3 is 23.1 Å². The minimum absolute atomic E-state index is 0. The molecule has 0 heterocycles. The maximum absolute atomic E-state index is 10.1. The van der Waals surface area contributed by atoms with Crippen LogP contribution in [-0.4, -0.2) is 41.8 Å². The van der Waals surface area contributed by atoms with Crippen LogP contribution in [0, 0.1) is 0 Å². The molecule has 0 aliphatic carbocycles. The van der Waals surface area contributed by atoms with Gasteiger partial charge in [0.25, 0.3) is 10.1 Å². The Balaban J connectivity index is 0. The number of unbranched alkanes of at least 4 members (excludes halogenated alkanes) is 2. The van der Waals surface area contributed by atoms with Crippen LogP contribution in [0.25, 0.3) is 0 Å². The summed E-state index contributed by atoms with van der Waals surface area (Å²) in [6.45, 7) is 1.98. The van der Waals surface area contributed by atoms with E-state index in [0.717, 1.165) is 12.8 Å². The fourth-order valence-corrected chi connectivity index (χ4v) is 1.10. The second-order valence-electron chi connectivity index (χ2n) is 1.99. The molecule has 0 aliphatic rings. The zero-order chi connectivity index (χ0) is 7.33. The van der Waals surface area contributed by atoms with Crippen LogP contribution in [0.2, 0.25) is 0 Å². The van der Waals surface area contributed by atoms with E-state index in [1.807, 2.05) is 6.92 Å². The molecule has 0 aromatic heterocycles. The highest BCUT2D eigenvalue weighted by Gasteiger charge is 2.01. The molecule has 5 heteroatoms. The molecule has 1 N–H and O–H groups in total. The van der Waals surface area contributed by atoms with E-state index < -0.39 is 10.1 Å². The van der Waals surface area contributed by atoms with Gasteiger partial charge in [0.1, 0.15) is 0 Å². The highest BCUT2D eigenvalue weighted by atomic mass is 32.2. The van der Waals surface area contributed by atoms with Crippen molar-refractivity contribution < 1.29 is 13.0 Å². The zero-order valence-electron chi connectivity index (χ0n) is 5.50. The van der Waals surface area contributed by atoms with Gasteiger partial charge in [-0.15, -0.1) is 0 Å². The third-order valence-electron chi connectivity index (χ3n) is 1.01. The Kier molecular flexibility index (Phi) is 8.49. The second kappa shape index (κ2) is 6.39. The van der Waals surface area contributed by atoms with Gasteiger partial charge in [-0.05, 0) is 6.42 Å². The quantitative estimate of drug-likeness (QED) is 0.379. The molecule has 0 aliphatic heterocycles. The smallest absolute Gasteiger partial charge is 0.286 e. The maximum atomic E-state index is 10.1. The van der Waals surface area contributed by atoms with E-state index in [1.165, 1.54) is 0 Å². The van der Waals surface area contributed by atoms with Gasteiger partial charge in [-0.1, -0.05) is 19.8 Å². The Morgan fingerprint density at radius 3 is 2.10 bits per heavy atom. The lowest BCUT2D eigenvalue weighted by Crippen LogP contribution is -2.02. The molecule has 0 amide bonds. The van der Waals surface area contributed by atoms with Crippen LogP contribution in [0.15, 0.2) is 0 Å². The molecular weight excluding hydrogens is 164 g/mol. The number of rotatable bonds is 4. The summed E-state index contributed by atoms with van der Waals surface area (Å²) in [7, 11) is -3.70. The summed E-state index contributed by atoms with van der Waals surface area (Å²) < 4.78 is 28.3. The fourth-order valence-electron chi connectivity index (χ4n) is 0.534. The Morgan fingerprint density at radius 2 is 1.80 bits per heavy atom. The molecule has 10 heavy (non-hydrogen) atoms. The van der Waals surface area contributed by atoms with Crippen molar-refractivity contribution in [3.8, 4) is 0 Å². The molecule has 0 spiro atoms. The fraction of sp³-hybridized carbons (Fsp3) is 1.00. The van der Waals surface area contributed by atoms with Crippen LogP contribution in [0.1, 0.15) is 26.2 Å². The molecule has 0 saturated carbocycles. The van der Waals surface area contributed by atoms with E-state index in [9.17, 15) is 8.42 Å². The van der Waals surface area contributed by atoms with Gasteiger partial charge in [0, 0.05) is 0 Å². The van der Waals surface area contributed by atoms with E-state index in [1.54, 1.807) is 0 Å². The van der Waals surface area contributed by atoms with E-state index in [0.29, 0.717) is 6.42 Å². The Hall–Kier alpha value is 0.676. The summed E-state index contributed by atoms with van der Waals surface area (Å²) in [5, 5.41) is 0. The third kappa shape index (κ3) is 11.5. The summed E-state index contributed by atoms with van der Waals surface area (Å²) >= 11 is 0. The Morgan fingerprint density at radius 1 is 1.30 bits per heavy atom. The molecule has 0 rings (SSSR count). The van der Waals surface area contributed by atoms with E-state index in [2.05, 4.69) is 0 Å². The monoisotopic (exact) mass is 178 g/mol. The van der Waals surface area contributed by atoms with Gasteiger partial charge in [0.15, 0.2) is 0 Å². The highest BCUT2D eigenvalue weighted by Crippen LogP contribution is 1.96. The maximum Gasteiger partial charge on any atom is 0.316 e. The Labute approximate surface area is 78.1 Å². The summed E-state index contributed by atoms with van der Waals surface area (Å²) in [6, 6.07) is 0. The van der Waals surface area contributed by atoms with Crippen LogP contribution < -0.4 is 0 Å². The minimum atomic E-state index is -3.70. The van der Waals surface area contributed by atoms with E-state index >= 15 is 0 Å². The van der Waals surface area contributed by atoms with Crippen molar-refractivity contribution in [2.75, 3.05) is 5.75 Å². The van der Waals surface area contributed by atoms with Crippen molar-refractivity contribution >= 4 is 33.2 Å². The summed E-state index contributed by atoms with van der Waals surface area (Å²) in [4.78, 5) is 0. The molecule has 3 nitrogen and oxygen atoms in total.